The van der Waals surface area contributed by atoms with Crippen LogP contribution in [0, 0.1) is 0 Å². The summed E-state index contributed by atoms with van der Waals surface area (Å²) in [7, 11) is 1.85. The molecule has 0 aliphatic rings. The Hall–Kier alpha value is -1.90. The van der Waals surface area contributed by atoms with Gasteiger partial charge in [-0.25, -0.2) is 0 Å². The quantitative estimate of drug-likeness (QED) is 0.684. The van der Waals surface area contributed by atoms with Crippen molar-refractivity contribution in [3.63, 3.8) is 0 Å². The topological polar surface area (TPSA) is 70.7 Å². The van der Waals surface area contributed by atoms with Gasteiger partial charge in [0.2, 0.25) is 0 Å². The van der Waals surface area contributed by atoms with Crippen LogP contribution in [0.4, 0.5) is 0 Å². The first-order valence-corrected chi connectivity index (χ1v) is 8.87. The maximum absolute atomic E-state index is 11.8. The highest BCUT2D eigenvalue weighted by molar-refractivity contribution is 9.10. The molecule has 2 amide bonds. The highest BCUT2D eigenvalue weighted by Gasteiger charge is 2.09. The first-order chi connectivity index (χ1) is 11.5. The van der Waals surface area contributed by atoms with Gasteiger partial charge in [0.15, 0.2) is 6.61 Å². The lowest BCUT2D eigenvalue weighted by molar-refractivity contribution is -0.130. The number of thiophene rings is 1. The first kappa shape index (κ1) is 18.4. The number of carbonyl (C=O) groups is 2. The summed E-state index contributed by atoms with van der Waals surface area (Å²) in [6, 6.07) is 11.1. The Morgan fingerprint density at radius 1 is 1.17 bits per heavy atom. The average molecular weight is 412 g/mol. The molecule has 2 aromatic rings. The Morgan fingerprint density at radius 3 is 2.54 bits per heavy atom. The molecule has 0 spiro atoms. The van der Waals surface area contributed by atoms with E-state index in [1.807, 2.05) is 41.6 Å². The second-order valence-electron chi connectivity index (χ2n) is 5.09. The van der Waals surface area contributed by atoms with Crippen molar-refractivity contribution < 1.29 is 14.3 Å². The summed E-state index contributed by atoms with van der Waals surface area (Å²) in [5.74, 6) is -0.131. The molecule has 8 heteroatoms. The van der Waals surface area contributed by atoms with Gasteiger partial charge in [0, 0.05) is 15.9 Å². The van der Waals surface area contributed by atoms with Crippen LogP contribution in [0.3, 0.4) is 0 Å². The lowest BCUT2D eigenvalue weighted by Crippen LogP contribution is -2.47. The van der Waals surface area contributed by atoms with Crippen molar-refractivity contribution >= 4 is 39.1 Å². The van der Waals surface area contributed by atoms with E-state index in [1.54, 1.807) is 23.5 Å². The zero-order valence-corrected chi connectivity index (χ0v) is 15.5. The number of carbonyl (C=O) groups excluding carboxylic acids is 2. The molecule has 2 rings (SSSR count). The molecule has 1 aromatic carbocycles. The Kier molecular flexibility index (Phi) is 7.23. The number of benzene rings is 1. The fourth-order valence-electron chi connectivity index (χ4n) is 1.86. The number of likely N-dealkylation sites (N-methyl/N-ethyl adjacent to an activating group) is 1. The van der Waals surface area contributed by atoms with Crippen molar-refractivity contribution in [2.24, 2.45) is 0 Å². The van der Waals surface area contributed by atoms with Crippen molar-refractivity contribution in [1.82, 2.24) is 15.8 Å². The fourth-order valence-corrected chi connectivity index (χ4v) is 2.91. The van der Waals surface area contributed by atoms with Crippen molar-refractivity contribution in [1.29, 1.82) is 0 Å². The van der Waals surface area contributed by atoms with Crippen LogP contribution in [0.5, 0.6) is 5.75 Å². The minimum Gasteiger partial charge on any atom is -0.484 e. The van der Waals surface area contributed by atoms with Gasteiger partial charge in [-0.2, -0.15) is 0 Å². The fraction of sp³-hybridized carbons (Fsp3) is 0.250. The van der Waals surface area contributed by atoms with Crippen LogP contribution in [0.2, 0.25) is 0 Å². The third-order valence-corrected chi connectivity index (χ3v) is 4.33. The normalized spacial score (nSPS) is 10.5. The SMILES string of the molecule is CN(CC(=O)NNC(=O)COc1ccc(Br)cc1)Cc1cccs1. The largest absolute Gasteiger partial charge is 0.484 e. The number of hydrazine groups is 1. The molecule has 24 heavy (non-hydrogen) atoms. The second-order valence-corrected chi connectivity index (χ2v) is 7.04. The zero-order chi connectivity index (χ0) is 17.4. The number of nitrogens with zero attached hydrogens (tertiary/aromatic N) is 1. The molecule has 0 bridgehead atoms. The monoisotopic (exact) mass is 411 g/mol. The number of nitrogens with one attached hydrogen (secondary N) is 2. The molecule has 0 fully saturated rings. The Labute approximate surface area is 152 Å². The lowest BCUT2D eigenvalue weighted by atomic mass is 10.3. The molecule has 0 saturated heterocycles. The first-order valence-electron chi connectivity index (χ1n) is 7.20. The van der Waals surface area contributed by atoms with E-state index in [9.17, 15) is 9.59 Å². The van der Waals surface area contributed by atoms with E-state index in [4.69, 9.17) is 4.74 Å². The van der Waals surface area contributed by atoms with Gasteiger partial charge in [0.05, 0.1) is 6.54 Å². The standard InChI is InChI=1S/C16H18BrN3O3S/c1-20(9-14-3-2-8-24-14)10-15(21)18-19-16(22)11-23-13-6-4-12(17)5-7-13/h2-8H,9-11H2,1H3,(H,18,21)(H,19,22). The van der Waals surface area contributed by atoms with Crippen LogP contribution in [-0.4, -0.2) is 36.9 Å². The molecule has 0 unspecified atom stereocenters. The average Bonchev–Trinajstić information content (AvgIpc) is 3.05. The number of amides is 2. The van der Waals surface area contributed by atoms with Gasteiger partial charge in [0.25, 0.3) is 11.8 Å². The van der Waals surface area contributed by atoms with Crippen LogP contribution < -0.4 is 15.6 Å². The Balaban J connectivity index is 1.63. The summed E-state index contributed by atoms with van der Waals surface area (Å²) in [5.41, 5.74) is 4.71. The van der Waals surface area contributed by atoms with Crippen LogP contribution in [0.1, 0.15) is 4.88 Å². The number of ether oxygens (including phenoxy) is 1. The van der Waals surface area contributed by atoms with E-state index < -0.39 is 5.91 Å². The molecule has 0 atom stereocenters. The van der Waals surface area contributed by atoms with Crippen molar-refractivity contribution in [2.75, 3.05) is 20.2 Å². The van der Waals surface area contributed by atoms with Gasteiger partial charge in [-0.15, -0.1) is 11.3 Å². The summed E-state index contributed by atoms with van der Waals surface area (Å²) < 4.78 is 6.24. The second kappa shape index (κ2) is 9.41. The van der Waals surface area contributed by atoms with Gasteiger partial charge in [-0.1, -0.05) is 22.0 Å². The van der Waals surface area contributed by atoms with Gasteiger partial charge < -0.3 is 4.74 Å². The van der Waals surface area contributed by atoms with Crippen molar-refractivity contribution in [2.45, 2.75) is 6.54 Å². The molecule has 1 aromatic heterocycles. The van der Waals surface area contributed by atoms with Crippen LogP contribution >= 0.6 is 27.3 Å². The molecular formula is C16H18BrN3O3S. The third kappa shape index (κ3) is 6.69. The molecule has 128 valence electrons. The maximum atomic E-state index is 11.8. The van der Waals surface area contributed by atoms with Gasteiger partial charge in [-0.3, -0.25) is 25.3 Å². The predicted molar refractivity (Wildman–Crippen MR) is 96.6 cm³/mol. The summed E-state index contributed by atoms with van der Waals surface area (Å²) in [6.07, 6.45) is 0. The van der Waals surface area contributed by atoms with E-state index in [1.165, 1.54) is 4.88 Å². The summed E-state index contributed by atoms with van der Waals surface area (Å²) in [5, 5.41) is 1.99. The van der Waals surface area contributed by atoms with E-state index in [0.29, 0.717) is 12.3 Å². The van der Waals surface area contributed by atoms with E-state index in [-0.39, 0.29) is 19.1 Å². The minimum atomic E-state index is -0.424. The summed E-state index contributed by atoms with van der Waals surface area (Å²) >= 11 is 4.96. The number of rotatable bonds is 7. The number of hydrogen-bond donors (Lipinski definition) is 2. The third-order valence-electron chi connectivity index (χ3n) is 2.94. The van der Waals surface area contributed by atoms with Crippen LogP contribution in [0.25, 0.3) is 0 Å². The molecule has 0 radical (unpaired) electrons. The van der Waals surface area contributed by atoms with Crippen LogP contribution in [-0.2, 0) is 16.1 Å². The van der Waals surface area contributed by atoms with Gasteiger partial charge in [-0.05, 0) is 42.8 Å². The number of hydrogen-bond acceptors (Lipinski definition) is 5. The van der Waals surface area contributed by atoms with Crippen molar-refractivity contribution in [3.05, 3.63) is 51.1 Å². The molecule has 2 N–H and O–H groups in total. The smallest absolute Gasteiger partial charge is 0.276 e. The summed E-state index contributed by atoms with van der Waals surface area (Å²) in [4.78, 5) is 26.5. The molecule has 0 aliphatic heterocycles. The van der Waals surface area contributed by atoms with E-state index >= 15 is 0 Å². The Bertz CT molecular complexity index is 662. The van der Waals surface area contributed by atoms with E-state index in [2.05, 4.69) is 26.8 Å². The lowest BCUT2D eigenvalue weighted by Gasteiger charge is -2.15. The minimum absolute atomic E-state index is 0.174. The highest BCUT2D eigenvalue weighted by atomic mass is 79.9. The molecular weight excluding hydrogens is 394 g/mol. The van der Waals surface area contributed by atoms with E-state index in [0.717, 1.165) is 4.47 Å². The molecule has 0 aliphatic carbocycles. The zero-order valence-electron chi connectivity index (χ0n) is 13.1. The highest BCUT2D eigenvalue weighted by Crippen LogP contribution is 2.15. The molecule has 0 saturated carbocycles. The summed E-state index contributed by atoms with van der Waals surface area (Å²) in [6.45, 7) is 0.699. The maximum Gasteiger partial charge on any atom is 0.276 e. The molecule has 6 nitrogen and oxygen atoms in total. The van der Waals surface area contributed by atoms with Crippen LogP contribution in [0.15, 0.2) is 46.3 Å². The predicted octanol–water partition coefficient (Wildman–Crippen LogP) is 2.17. The van der Waals surface area contributed by atoms with Gasteiger partial charge in [0.1, 0.15) is 5.75 Å². The Morgan fingerprint density at radius 2 is 1.88 bits per heavy atom. The number of halogens is 1. The molecule has 1 heterocycles. The van der Waals surface area contributed by atoms with Gasteiger partial charge >= 0.3 is 0 Å². The van der Waals surface area contributed by atoms with Crippen molar-refractivity contribution in [3.8, 4) is 5.75 Å².